The maximum Gasteiger partial charge on any atom is 0.0412 e. The fourth-order valence-electron chi connectivity index (χ4n) is 3.56. The Bertz CT molecular complexity index is 445. The molecule has 106 valence electrons. The number of benzene rings is 1. The van der Waals surface area contributed by atoms with Crippen molar-refractivity contribution in [2.45, 2.75) is 65.8 Å². The molecular weight excluding hydrogens is 230 g/mol. The van der Waals surface area contributed by atoms with Crippen LogP contribution < -0.4 is 5.73 Å². The highest BCUT2D eigenvalue weighted by atomic mass is 14.8. The van der Waals surface area contributed by atoms with E-state index in [0.717, 1.165) is 18.8 Å². The van der Waals surface area contributed by atoms with E-state index >= 15 is 0 Å². The third-order valence-corrected chi connectivity index (χ3v) is 5.24. The van der Waals surface area contributed by atoms with E-state index < -0.39 is 0 Å². The fraction of sp³-hybridized carbons (Fsp3) is 0.667. The molecule has 0 amide bonds. The molecule has 1 heteroatoms. The van der Waals surface area contributed by atoms with Gasteiger partial charge in [-0.1, -0.05) is 39.0 Å². The number of rotatable bonds is 1. The zero-order valence-corrected chi connectivity index (χ0v) is 13.2. The van der Waals surface area contributed by atoms with E-state index in [1.54, 1.807) is 0 Å². The van der Waals surface area contributed by atoms with Gasteiger partial charge >= 0.3 is 0 Å². The van der Waals surface area contributed by atoms with Gasteiger partial charge in [0.05, 0.1) is 0 Å². The topological polar surface area (TPSA) is 26.0 Å². The molecule has 0 spiro atoms. The van der Waals surface area contributed by atoms with Crippen LogP contribution in [0.4, 0.5) is 0 Å². The van der Waals surface area contributed by atoms with E-state index in [1.807, 2.05) is 0 Å². The molecule has 1 saturated carbocycles. The van der Waals surface area contributed by atoms with Gasteiger partial charge in [-0.3, -0.25) is 0 Å². The number of aryl methyl sites for hydroxylation is 1. The Balaban J connectivity index is 2.21. The second-order valence-corrected chi connectivity index (χ2v) is 7.54. The number of hydrogen-bond acceptors (Lipinski definition) is 1. The zero-order valence-electron chi connectivity index (χ0n) is 13.2. The molecule has 2 rings (SSSR count). The Morgan fingerprint density at radius 2 is 1.68 bits per heavy atom. The van der Waals surface area contributed by atoms with Crippen molar-refractivity contribution in [2.24, 2.45) is 17.1 Å². The Kier molecular flexibility index (Phi) is 3.79. The monoisotopic (exact) mass is 259 g/mol. The smallest absolute Gasteiger partial charge is 0.0412 e. The highest BCUT2D eigenvalue weighted by Gasteiger charge is 2.37. The van der Waals surface area contributed by atoms with Crippen molar-refractivity contribution in [3.63, 3.8) is 0 Å². The Labute approximate surface area is 118 Å². The van der Waals surface area contributed by atoms with Gasteiger partial charge in [0.1, 0.15) is 0 Å². The van der Waals surface area contributed by atoms with Crippen LogP contribution in [0.2, 0.25) is 0 Å². The highest BCUT2D eigenvalue weighted by Crippen LogP contribution is 2.45. The first-order chi connectivity index (χ1) is 8.74. The van der Waals surface area contributed by atoms with Crippen LogP contribution in [0, 0.1) is 25.2 Å². The minimum absolute atomic E-state index is 0.0994. The third kappa shape index (κ3) is 2.86. The van der Waals surface area contributed by atoms with E-state index in [-0.39, 0.29) is 5.54 Å². The minimum Gasteiger partial charge on any atom is -0.321 e. The van der Waals surface area contributed by atoms with Crippen LogP contribution in [0.1, 0.15) is 63.1 Å². The van der Waals surface area contributed by atoms with Gasteiger partial charge in [0.25, 0.3) is 0 Å². The summed E-state index contributed by atoms with van der Waals surface area (Å²) in [6, 6.07) is 6.57. The molecule has 1 aromatic carbocycles. The predicted octanol–water partition coefficient (Wildman–Crippen LogP) is 4.69. The molecule has 0 aromatic heterocycles. The van der Waals surface area contributed by atoms with E-state index in [0.29, 0.717) is 5.41 Å². The summed E-state index contributed by atoms with van der Waals surface area (Å²) in [5, 5.41) is 0. The summed E-state index contributed by atoms with van der Waals surface area (Å²) < 4.78 is 0. The molecule has 1 nitrogen and oxygen atoms in total. The Hall–Kier alpha value is -0.820. The molecule has 0 saturated heterocycles. The summed E-state index contributed by atoms with van der Waals surface area (Å²) in [5.41, 5.74) is 11.2. The molecular formula is C18H29N. The summed E-state index contributed by atoms with van der Waals surface area (Å²) in [6.45, 7) is 11.5. The lowest BCUT2D eigenvalue weighted by Gasteiger charge is -2.43. The van der Waals surface area contributed by atoms with Gasteiger partial charge in [-0.15, -0.1) is 0 Å². The lowest BCUT2D eigenvalue weighted by molar-refractivity contribution is 0.133. The van der Waals surface area contributed by atoms with Crippen LogP contribution >= 0.6 is 0 Å². The molecule has 1 fully saturated rings. The van der Waals surface area contributed by atoms with Crippen molar-refractivity contribution in [1.82, 2.24) is 0 Å². The molecule has 2 N–H and O–H groups in total. The summed E-state index contributed by atoms with van der Waals surface area (Å²) in [6.07, 6.45) is 4.76. The van der Waals surface area contributed by atoms with Crippen molar-refractivity contribution in [3.05, 3.63) is 34.9 Å². The average molecular weight is 259 g/mol. The molecule has 1 aliphatic rings. The van der Waals surface area contributed by atoms with Crippen molar-refractivity contribution < 1.29 is 0 Å². The Morgan fingerprint density at radius 3 is 2.21 bits per heavy atom. The molecule has 19 heavy (non-hydrogen) atoms. The van der Waals surface area contributed by atoms with Crippen molar-refractivity contribution in [3.8, 4) is 0 Å². The number of hydrogen-bond donors (Lipinski definition) is 1. The van der Waals surface area contributed by atoms with Crippen LogP contribution in [0.5, 0.6) is 0 Å². The SMILES string of the molecule is Cc1cccc(C2(N)CCC(C(C)(C)C)CC2)c1C. The largest absolute Gasteiger partial charge is 0.321 e. The van der Waals surface area contributed by atoms with Gasteiger partial charge in [0.2, 0.25) is 0 Å². The maximum atomic E-state index is 6.76. The summed E-state index contributed by atoms with van der Waals surface area (Å²) in [4.78, 5) is 0. The quantitative estimate of drug-likeness (QED) is 0.777. The van der Waals surface area contributed by atoms with Crippen LogP contribution in [0.25, 0.3) is 0 Å². The van der Waals surface area contributed by atoms with E-state index in [1.165, 1.54) is 29.5 Å². The van der Waals surface area contributed by atoms with E-state index in [2.05, 4.69) is 52.8 Å². The van der Waals surface area contributed by atoms with Gasteiger partial charge in [-0.2, -0.15) is 0 Å². The molecule has 1 aromatic rings. The predicted molar refractivity (Wildman–Crippen MR) is 83.2 cm³/mol. The summed E-state index contributed by atoms with van der Waals surface area (Å²) >= 11 is 0. The summed E-state index contributed by atoms with van der Waals surface area (Å²) in [7, 11) is 0. The lowest BCUT2D eigenvalue weighted by Crippen LogP contribution is -2.43. The van der Waals surface area contributed by atoms with Crippen molar-refractivity contribution >= 4 is 0 Å². The molecule has 0 bridgehead atoms. The highest BCUT2D eigenvalue weighted by molar-refractivity contribution is 5.38. The third-order valence-electron chi connectivity index (χ3n) is 5.24. The molecule has 0 aliphatic heterocycles. The molecule has 0 atom stereocenters. The van der Waals surface area contributed by atoms with Crippen molar-refractivity contribution in [1.29, 1.82) is 0 Å². The second kappa shape index (κ2) is 4.94. The maximum absolute atomic E-state index is 6.76. The first-order valence-corrected chi connectivity index (χ1v) is 7.59. The first kappa shape index (κ1) is 14.6. The normalized spacial score (nSPS) is 28.4. The van der Waals surface area contributed by atoms with Gasteiger partial charge < -0.3 is 5.73 Å². The van der Waals surface area contributed by atoms with E-state index in [9.17, 15) is 0 Å². The van der Waals surface area contributed by atoms with Gasteiger partial charge in [0.15, 0.2) is 0 Å². The lowest BCUT2D eigenvalue weighted by atomic mass is 9.65. The summed E-state index contributed by atoms with van der Waals surface area (Å²) in [5.74, 6) is 0.814. The fourth-order valence-corrected chi connectivity index (χ4v) is 3.56. The van der Waals surface area contributed by atoms with Crippen molar-refractivity contribution in [2.75, 3.05) is 0 Å². The molecule has 1 aliphatic carbocycles. The number of nitrogens with two attached hydrogens (primary N) is 1. The standard InChI is InChI=1S/C18H29N/c1-13-7-6-8-16(14(13)2)18(19)11-9-15(10-12-18)17(3,4)5/h6-8,15H,9-12,19H2,1-5H3. The van der Waals surface area contributed by atoms with Crippen LogP contribution in [0.3, 0.4) is 0 Å². The van der Waals surface area contributed by atoms with Crippen LogP contribution in [0.15, 0.2) is 18.2 Å². The first-order valence-electron chi connectivity index (χ1n) is 7.59. The zero-order chi connectivity index (χ0) is 14.3. The average Bonchev–Trinajstić information content (AvgIpc) is 2.32. The molecule has 0 radical (unpaired) electrons. The van der Waals surface area contributed by atoms with Crippen LogP contribution in [-0.2, 0) is 5.54 Å². The molecule has 0 unspecified atom stereocenters. The second-order valence-electron chi connectivity index (χ2n) is 7.54. The van der Waals surface area contributed by atoms with Crippen LogP contribution in [-0.4, -0.2) is 0 Å². The van der Waals surface area contributed by atoms with Gasteiger partial charge in [-0.25, -0.2) is 0 Å². The minimum atomic E-state index is -0.0994. The Morgan fingerprint density at radius 1 is 1.11 bits per heavy atom. The van der Waals surface area contributed by atoms with Gasteiger partial charge in [-0.05, 0) is 67.6 Å². The van der Waals surface area contributed by atoms with E-state index in [4.69, 9.17) is 5.73 Å². The van der Waals surface area contributed by atoms with Gasteiger partial charge in [0, 0.05) is 5.54 Å². The molecule has 0 heterocycles.